The van der Waals surface area contributed by atoms with E-state index < -0.39 is 69.4 Å². The Hall–Kier alpha value is -3.10. The Balaban J connectivity index is 1.87. The number of anilines is 1. The Morgan fingerprint density at radius 3 is 2.38 bits per heavy atom. The molecular weight excluding hydrogens is 581 g/mol. The largest absolute Gasteiger partial charge is 0.465 e. The van der Waals surface area contributed by atoms with Crippen LogP contribution in [0.1, 0.15) is 19.4 Å². The SMILES string of the molecule is C[C@@H]1CN(c2nc(=O)n3c4c(c(-c5cc(Cl)c(F)cc5F)c(C(F)(F)F)cc24)SC[C@@H](N)C3)C[C@H](C)N1C(=O)O. The normalized spacial score (nSPS) is 21.6. The number of carbonyl (C=O) groups is 1. The summed E-state index contributed by atoms with van der Waals surface area (Å²) < 4.78 is 74.2. The first-order valence-electron chi connectivity index (χ1n) is 12.2. The van der Waals surface area contributed by atoms with Gasteiger partial charge in [0.15, 0.2) is 0 Å². The number of benzene rings is 2. The first kappa shape index (κ1) is 28.4. The minimum atomic E-state index is -5.00. The minimum absolute atomic E-state index is 0.0240. The summed E-state index contributed by atoms with van der Waals surface area (Å²) in [4.78, 5) is 32.0. The monoisotopic (exact) mass is 603 g/mol. The number of hydrogen-bond donors (Lipinski definition) is 2. The molecule has 1 amide bonds. The standard InChI is InChI=1S/C25H23ClF5N5O3S/c1-10-6-34(7-11(2)36(10)24(38)39)22-14-3-15(25(29,30)31)19(13-4-16(26)18(28)5-17(13)27)21-20(14)35(23(37)33-22)8-12(32)9-40-21/h3-5,10-12H,6-9,32H2,1-2H3,(H,38,39)/t10-,11+,12-/m0/s1. The summed E-state index contributed by atoms with van der Waals surface area (Å²) >= 11 is 6.79. The molecule has 1 fully saturated rings. The fraction of sp³-hybridized carbons (Fsp3) is 0.400. The van der Waals surface area contributed by atoms with Gasteiger partial charge in [-0.2, -0.15) is 18.2 Å². The molecule has 15 heteroatoms. The van der Waals surface area contributed by atoms with Crippen LogP contribution in [0.5, 0.6) is 0 Å². The highest BCUT2D eigenvalue weighted by atomic mass is 35.5. The molecule has 0 radical (unpaired) electrons. The summed E-state index contributed by atoms with van der Waals surface area (Å²) in [5.41, 5.74) is 3.08. The second kappa shape index (κ2) is 10.1. The molecule has 1 saturated heterocycles. The van der Waals surface area contributed by atoms with Crippen LogP contribution < -0.4 is 16.3 Å². The van der Waals surface area contributed by atoms with E-state index in [4.69, 9.17) is 17.3 Å². The molecule has 214 valence electrons. The number of piperazine rings is 1. The average Bonchev–Trinajstić information content (AvgIpc) is 3.02. The van der Waals surface area contributed by atoms with Crippen molar-refractivity contribution in [2.24, 2.45) is 5.73 Å². The number of amides is 1. The van der Waals surface area contributed by atoms with Gasteiger partial charge in [-0.1, -0.05) is 11.6 Å². The van der Waals surface area contributed by atoms with Gasteiger partial charge < -0.3 is 15.7 Å². The van der Waals surface area contributed by atoms with Gasteiger partial charge in [0.2, 0.25) is 0 Å². The quantitative estimate of drug-likeness (QED) is 0.313. The van der Waals surface area contributed by atoms with Crippen molar-refractivity contribution in [1.82, 2.24) is 14.5 Å². The zero-order chi connectivity index (χ0) is 29.3. The van der Waals surface area contributed by atoms with Gasteiger partial charge in [0, 0.05) is 58.9 Å². The van der Waals surface area contributed by atoms with Crippen LogP contribution in [-0.2, 0) is 12.7 Å². The number of carboxylic acid groups (broad SMARTS) is 1. The highest BCUT2D eigenvalue weighted by Crippen LogP contribution is 2.49. The maximum absolute atomic E-state index is 15.1. The van der Waals surface area contributed by atoms with E-state index in [9.17, 15) is 32.3 Å². The Kier molecular flexibility index (Phi) is 7.16. The molecule has 0 saturated carbocycles. The molecule has 40 heavy (non-hydrogen) atoms. The van der Waals surface area contributed by atoms with Gasteiger partial charge in [0.25, 0.3) is 0 Å². The molecule has 2 aliphatic rings. The lowest BCUT2D eigenvalue weighted by Crippen LogP contribution is -2.58. The summed E-state index contributed by atoms with van der Waals surface area (Å²) in [6.07, 6.45) is -6.14. The van der Waals surface area contributed by atoms with E-state index in [1.54, 1.807) is 18.7 Å². The molecule has 0 aliphatic carbocycles. The second-order valence-electron chi connectivity index (χ2n) is 9.96. The molecule has 3 heterocycles. The molecule has 2 aromatic carbocycles. The number of hydrogen-bond acceptors (Lipinski definition) is 6. The lowest BCUT2D eigenvalue weighted by atomic mass is 9.95. The Labute approximate surface area is 233 Å². The summed E-state index contributed by atoms with van der Waals surface area (Å²) in [5.74, 6) is -2.34. The number of aromatic nitrogens is 2. The Morgan fingerprint density at radius 1 is 1.12 bits per heavy atom. The zero-order valence-electron chi connectivity index (χ0n) is 21.1. The molecule has 0 bridgehead atoms. The summed E-state index contributed by atoms with van der Waals surface area (Å²) in [6.45, 7) is 3.37. The zero-order valence-corrected chi connectivity index (χ0v) is 22.7. The fourth-order valence-corrected chi connectivity index (χ4v) is 6.87. The maximum Gasteiger partial charge on any atom is 0.417 e. The van der Waals surface area contributed by atoms with E-state index in [-0.39, 0.29) is 47.0 Å². The topological polar surface area (TPSA) is 105 Å². The van der Waals surface area contributed by atoms with Gasteiger partial charge in [-0.05, 0) is 26.0 Å². The lowest BCUT2D eigenvalue weighted by Gasteiger charge is -2.43. The van der Waals surface area contributed by atoms with Crippen LogP contribution in [0.4, 0.5) is 32.6 Å². The molecule has 0 unspecified atom stereocenters. The van der Waals surface area contributed by atoms with E-state index in [0.29, 0.717) is 6.07 Å². The number of nitrogens with zero attached hydrogens (tertiary/aromatic N) is 4. The summed E-state index contributed by atoms with van der Waals surface area (Å²) in [7, 11) is 0. The van der Waals surface area contributed by atoms with Crippen LogP contribution in [0.15, 0.2) is 27.9 Å². The molecule has 8 nitrogen and oxygen atoms in total. The third-order valence-corrected chi connectivity index (χ3v) is 8.65. The molecular formula is C25H23ClF5N5O3S. The van der Waals surface area contributed by atoms with Gasteiger partial charge in [0.1, 0.15) is 17.5 Å². The van der Waals surface area contributed by atoms with Gasteiger partial charge >= 0.3 is 18.0 Å². The van der Waals surface area contributed by atoms with Gasteiger partial charge in [-0.25, -0.2) is 18.4 Å². The van der Waals surface area contributed by atoms with E-state index >= 15 is 4.39 Å². The molecule has 3 aromatic rings. The number of rotatable bonds is 2. The molecule has 3 atom stereocenters. The first-order valence-corrected chi connectivity index (χ1v) is 13.5. The number of nitrogens with two attached hydrogens (primary N) is 1. The molecule has 0 spiro atoms. The molecule has 2 aliphatic heterocycles. The van der Waals surface area contributed by atoms with Crippen LogP contribution >= 0.6 is 23.4 Å². The van der Waals surface area contributed by atoms with E-state index in [1.807, 2.05) is 0 Å². The predicted octanol–water partition coefficient (Wildman–Crippen LogP) is 5.02. The lowest BCUT2D eigenvalue weighted by molar-refractivity contribution is -0.137. The summed E-state index contributed by atoms with van der Waals surface area (Å²) in [5, 5.41) is 8.99. The van der Waals surface area contributed by atoms with Gasteiger partial charge in [0.05, 0.1) is 28.2 Å². The van der Waals surface area contributed by atoms with Gasteiger partial charge in [-0.3, -0.25) is 9.47 Å². The average molecular weight is 604 g/mol. The van der Waals surface area contributed by atoms with Crippen molar-refractivity contribution >= 4 is 46.2 Å². The summed E-state index contributed by atoms with van der Waals surface area (Å²) in [6, 6.07) is 0.250. The number of alkyl halides is 3. The van der Waals surface area contributed by atoms with Crippen molar-refractivity contribution in [2.75, 3.05) is 23.7 Å². The van der Waals surface area contributed by atoms with Crippen LogP contribution in [0.2, 0.25) is 5.02 Å². The van der Waals surface area contributed by atoms with E-state index in [0.717, 1.165) is 23.9 Å². The molecule has 1 aromatic heterocycles. The van der Waals surface area contributed by atoms with Crippen molar-refractivity contribution in [3.63, 3.8) is 0 Å². The Morgan fingerprint density at radius 2 is 1.77 bits per heavy atom. The Bertz CT molecular complexity index is 1590. The van der Waals surface area contributed by atoms with Crippen molar-refractivity contribution in [3.05, 3.63) is 50.9 Å². The van der Waals surface area contributed by atoms with E-state index in [1.165, 1.54) is 9.47 Å². The van der Waals surface area contributed by atoms with Crippen LogP contribution in [0.25, 0.3) is 22.0 Å². The first-order chi connectivity index (χ1) is 18.7. The number of thioether (sulfide) groups is 1. The van der Waals surface area contributed by atoms with E-state index in [2.05, 4.69) is 4.98 Å². The maximum atomic E-state index is 15.1. The third-order valence-electron chi connectivity index (χ3n) is 7.08. The predicted molar refractivity (Wildman–Crippen MR) is 141 cm³/mol. The highest BCUT2D eigenvalue weighted by molar-refractivity contribution is 7.99. The van der Waals surface area contributed by atoms with Crippen molar-refractivity contribution in [1.29, 1.82) is 0 Å². The van der Waals surface area contributed by atoms with Crippen molar-refractivity contribution in [2.45, 2.75) is 49.6 Å². The molecule has 5 rings (SSSR count). The third kappa shape index (κ3) is 4.75. The van der Waals surface area contributed by atoms with Crippen molar-refractivity contribution < 1.29 is 31.9 Å². The minimum Gasteiger partial charge on any atom is -0.465 e. The fourth-order valence-electron chi connectivity index (χ4n) is 5.50. The van der Waals surface area contributed by atoms with Crippen LogP contribution in [-0.4, -0.2) is 62.6 Å². The van der Waals surface area contributed by atoms with Crippen molar-refractivity contribution in [3.8, 4) is 11.1 Å². The van der Waals surface area contributed by atoms with Gasteiger partial charge in [-0.15, -0.1) is 11.8 Å². The highest BCUT2D eigenvalue weighted by Gasteiger charge is 2.40. The van der Waals surface area contributed by atoms with Crippen LogP contribution in [0, 0.1) is 11.6 Å². The second-order valence-corrected chi connectivity index (χ2v) is 11.4. The number of halogens is 6. The van der Waals surface area contributed by atoms with Crippen LogP contribution in [0.3, 0.4) is 0 Å². The molecule has 3 N–H and O–H groups in total. The smallest absolute Gasteiger partial charge is 0.417 e.